The van der Waals surface area contributed by atoms with Crippen LogP contribution in [0.5, 0.6) is 0 Å². The molecule has 0 radical (unpaired) electrons. The van der Waals surface area contributed by atoms with Crippen LogP contribution in [-0.4, -0.2) is 0 Å². The van der Waals surface area contributed by atoms with Crippen molar-refractivity contribution in [2.24, 2.45) is 5.92 Å². The second-order valence-electron chi connectivity index (χ2n) is 13.0. The summed E-state index contributed by atoms with van der Waals surface area (Å²) in [6, 6.07) is 38.6. The van der Waals surface area contributed by atoms with Crippen LogP contribution >= 0.6 is 11.3 Å². The lowest BCUT2D eigenvalue weighted by molar-refractivity contribution is 0.661. The van der Waals surface area contributed by atoms with Crippen molar-refractivity contribution >= 4 is 58.6 Å². The number of fused-ring (bicyclic) bond motifs is 8. The van der Waals surface area contributed by atoms with Crippen molar-refractivity contribution in [1.29, 1.82) is 0 Å². The Morgan fingerprint density at radius 1 is 0.696 bits per heavy atom. The van der Waals surface area contributed by atoms with E-state index in [1.165, 1.54) is 80.7 Å². The fraction of sp³-hybridized carbons (Fsp3) is 0.111. The van der Waals surface area contributed by atoms with Gasteiger partial charge in [-0.05, 0) is 103 Å². The van der Waals surface area contributed by atoms with Crippen molar-refractivity contribution in [3.63, 3.8) is 0 Å². The van der Waals surface area contributed by atoms with Gasteiger partial charge in [-0.1, -0.05) is 130 Å². The number of hydrogen-bond acceptors (Lipinski definition) is 1. The molecule has 1 heteroatoms. The zero-order valence-electron chi connectivity index (χ0n) is 26.4. The standard InChI is InChI=1S/C45H36S/c1-6-8-15-29(7-2)24-28(3)43-32-17-9-11-19-34(32)44(35-20-12-10-18-33(35)43)30-22-23-39-36(25-30)37-26-38-31-16-13-14-21-41(31)46-42(38)27-40(37)45(39,4)5/h6-23,25-27,29H,1-3,24H2,4-5H3/b15-8-. The molecule has 0 saturated heterocycles. The molecular formula is C45H36S. The van der Waals surface area contributed by atoms with Gasteiger partial charge in [0.05, 0.1) is 0 Å². The van der Waals surface area contributed by atoms with Crippen LogP contribution < -0.4 is 0 Å². The smallest absolute Gasteiger partial charge is 0.0358 e. The van der Waals surface area contributed by atoms with E-state index in [0.29, 0.717) is 0 Å². The van der Waals surface area contributed by atoms with E-state index in [9.17, 15) is 0 Å². The van der Waals surface area contributed by atoms with Crippen LogP contribution in [0.2, 0.25) is 0 Å². The predicted octanol–water partition coefficient (Wildman–Crippen LogP) is 13.3. The average Bonchev–Trinajstić information content (AvgIpc) is 3.55. The first-order chi connectivity index (χ1) is 22.4. The zero-order chi connectivity index (χ0) is 31.6. The Hall–Kier alpha value is -4.98. The fourth-order valence-corrected chi connectivity index (χ4v) is 8.91. The molecule has 8 rings (SSSR count). The highest BCUT2D eigenvalue weighted by molar-refractivity contribution is 7.25. The zero-order valence-corrected chi connectivity index (χ0v) is 27.3. The Bertz CT molecular complexity index is 2370. The van der Waals surface area contributed by atoms with Crippen molar-refractivity contribution in [2.45, 2.75) is 25.7 Å². The monoisotopic (exact) mass is 608 g/mol. The number of thiophene rings is 1. The lowest BCUT2D eigenvalue weighted by Crippen LogP contribution is -2.14. The van der Waals surface area contributed by atoms with E-state index in [-0.39, 0.29) is 11.3 Å². The second-order valence-corrected chi connectivity index (χ2v) is 14.1. The predicted molar refractivity (Wildman–Crippen MR) is 204 cm³/mol. The van der Waals surface area contributed by atoms with E-state index in [1.807, 2.05) is 29.6 Å². The lowest BCUT2D eigenvalue weighted by atomic mass is 9.81. The molecule has 222 valence electrons. The van der Waals surface area contributed by atoms with Crippen molar-refractivity contribution in [2.75, 3.05) is 0 Å². The van der Waals surface area contributed by atoms with Gasteiger partial charge in [-0.25, -0.2) is 0 Å². The Balaban J connectivity index is 1.36. The molecule has 1 aromatic heterocycles. The normalized spacial score (nSPS) is 14.2. The van der Waals surface area contributed by atoms with Gasteiger partial charge in [0.2, 0.25) is 0 Å². The van der Waals surface area contributed by atoms with Gasteiger partial charge in [-0.15, -0.1) is 17.9 Å². The van der Waals surface area contributed by atoms with Crippen LogP contribution in [0.15, 0.2) is 147 Å². The summed E-state index contributed by atoms with van der Waals surface area (Å²) in [7, 11) is 0. The van der Waals surface area contributed by atoms with Crippen LogP contribution in [0.4, 0.5) is 0 Å². The Kier molecular flexibility index (Phi) is 6.71. The van der Waals surface area contributed by atoms with Gasteiger partial charge >= 0.3 is 0 Å². The molecule has 0 bridgehead atoms. The van der Waals surface area contributed by atoms with Gasteiger partial charge in [-0.3, -0.25) is 0 Å². The maximum atomic E-state index is 4.65. The second kappa shape index (κ2) is 10.8. The molecule has 1 heterocycles. The third kappa shape index (κ3) is 4.26. The Morgan fingerprint density at radius 3 is 2.00 bits per heavy atom. The largest absolute Gasteiger partial charge is 0.135 e. The van der Waals surface area contributed by atoms with Gasteiger partial charge in [0.15, 0.2) is 0 Å². The molecule has 0 N–H and O–H groups in total. The summed E-state index contributed by atoms with van der Waals surface area (Å²) in [4.78, 5) is 0. The van der Waals surface area contributed by atoms with Crippen molar-refractivity contribution in [3.05, 3.63) is 164 Å². The molecule has 0 amide bonds. The van der Waals surface area contributed by atoms with Crippen LogP contribution in [0.25, 0.3) is 69.5 Å². The minimum Gasteiger partial charge on any atom is -0.135 e. The first-order valence-electron chi connectivity index (χ1n) is 16.0. The molecule has 1 aliphatic rings. The minimum atomic E-state index is -0.0684. The highest BCUT2D eigenvalue weighted by Crippen LogP contribution is 2.53. The summed E-state index contributed by atoms with van der Waals surface area (Å²) in [6.45, 7) is 17.3. The summed E-state index contributed by atoms with van der Waals surface area (Å²) in [5.74, 6) is 0.189. The van der Waals surface area contributed by atoms with Gasteiger partial charge in [0.1, 0.15) is 0 Å². The molecular weight excluding hydrogens is 573 g/mol. The minimum absolute atomic E-state index is 0.0684. The number of allylic oxidation sites excluding steroid dienone is 5. The maximum Gasteiger partial charge on any atom is 0.0358 e. The first-order valence-corrected chi connectivity index (χ1v) is 16.9. The van der Waals surface area contributed by atoms with Crippen molar-refractivity contribution in [3.8, 4) is 22.3 Å². The molecule has 0 fully saturated rings. The quantitative estimate of drug-likeness (QED) is 0.0959. The molecule has 1 unspecified atom stereocenters. The van der Waals surface area contributed by atoms with E-state index < -0.39 is 0 Å². The highest BCUT2D eigenvalue weighted by atomic mass is 32.1. The molecule has 0 aliphatic heterocycles. The molecule has 46 heavy (non-hydrogen) atoms. The molecule has 0 nitrogen and oxygen atoms in total. The fourth-order valence-electron chi connectivity index (χ4n) is 7.78. The van der Waals surface area contributed by atoms with Crippen LogP contribution in [0, 0.1) is 5.92 Å². The maximum absolute atomic E-state index is 4.65. The summed E-state index contributed by atoms with van der Waals surface area (Å²) in [6.07, 6.45) is 8.77. The van der Waals surface area contributed by atoms with E-state index in [1.54, 1.807) is 0 Å². The van der Waals surface area contributed by atoms with Crippen LogP contribution in [0.1, 0.15) is 37.0 Å². The lowest BCUT2D eigenvalue weighted by Gasteiger charge is -2.22. The van der Waals surface area contributed by atoms with E-state index in [4.69, 9.17) is 0 Å². The summed E-state index contributed by atoms with van der Waals surface area (Å²) in [5, 5.41) is 7.69. The van der Waals surface area contributed by atoms with Crippen LogP contribution in [-0.2, 0) is 5.41 Å². The Morgan fingerprint density at radius 2 is 1.33 bits per heavy atom. The third-order valence-electron chi connectivity index (χ3n) is 10.0. The molecule has 1 atom stereocenters. The van der Waals surface area contributed by atoms with Crippen molar-refractivity contribution in [1.82, 2.24) is 0 Å². The average molecular weight is 609 g/mol. The van der Waals surface area contributed by atoms with Crippen LogP contribution in [0.3, 0.4) is 0 Å². The number of hydrogen-bond donors (Lipinski definition) is 0. The van der Waals surface area contributed by atoms with Crippen molar-refractivity contribution < 1.29 is 0 Å². The topological polar surface area (TPSA) is 0 Å². The summed E-state index contributed by atoms with van der Waals surface area (Å²) < 4.78 is 2.72. The summed E-state index contributed by atoms with van der Waals surface area (Å²) in [5.41, 5.74) is 10.3. The number of benzene rings is 6. The third-order valence-corrected chi connectivity index (χ3v) is 11.2. The Labute approximate surface area is 275 Å². The molecule has 0 saturated carbocycles. The van der Waals surface area contributed by atoms with Gasteiger partial charge in [0, 0.05) is 25.6 Å². The first kappa shape index (κ1) is 28.5. The van der Waals surface area contributed by atoms with Gasteiger partial charge < -0.3 is 0 Å². The van der Waals surface area contributed by atoms with Gasteiger partial charge in [0.25, 0.3) is 0 Å². The SMILES string of the molecule is C=C/C=C\C(C=C)CC(=C)c1c2ccccc2c(-c2ccc3c(c2)-c2cc4c(cc2C3(C)C)sc2ccccc24)c2ccccc12. The molecule has 6 aromatic carbocycles. The summed E-state index contributed by atoms with van der Waals surface area (Å²) >= 11 is 1.90. The van der Waals surface area contributed by atoms with E-state index >= 15 is 0 Å². The van der Waals surface area contributed by atoms with E-state index in [2.05, 4.69) is 143 Å². The molecule has 7 aromatic rings. The van der Waals surface area contributed by atoms with E-state index in [0.717, 1.165) is 12.0 Å². The number of rotatable bonds is 7. The highest BCUT2D eigenvalue weighted by Gasteiger charge is 2.36. The molecule has 0 spiro atoms. The molecule has 1 aliphatic carbocycles. The van der Waals surface area contributed by atoms with Gasteiger partial charge in [-0.2, -0.15) is 0 Å².